The van der Waals surface area contributed by atoms with Crippen LogP contribution in [0, 0.1) is 0 Å². The van der Waals surface area contributed by atoms with Crippen LogP contribution in [0.5, 0.6) is 0 Å². The van der Waals surface area contributed by atoms with Crippen molar-refractivity contribution < 1.29 is 0 Å². The lowest BCUT2D eigenvalue weighted by Crippen LogP contribution is -2.15. The molecule has 24 heavy (non-hydrogen) atoms. The van der Waals surface area contributed by atoms with Crippen LogP contribution in [0.3, 0.4) is 0 Å². The van der Waals surface area contributed by atoms with E-state index in [1.54, 1.807) is 12.3 Å². The summed E-state index contributed by atoms with van der Waals surface area (Å²) in [5, 5.41) is 9.81. The van der Waals surface area contributed by atoms with Gasteiger partial charge in [0.2, 0.25) is 5.56 Å². The first-order valence-electron chi connectivity index (χ1n) is 7.58. The molecule has 0 unspecified atom stereocenters. The van der Waals surface area contributed by atoms with Crippen molar-refractivity contribution in [1.82, 2.24) is 14.3 Å². The molecule has 4 N–H and O–H groups in total. The Morgan fingerprint density at radius 2 is 2.17 bits per heavy atom. The van der Waals surface area contributed by atoms with Crippen LogP contribution in [0.2, 0.25) is 0 Å². The van der Waals surface area contributed by atoms with Gasteiger partial charge in [0, 0.05) is 42.0 Å². The van der Waals surface area contributed by atoms with Crippen LogP contribution in [0.15, 0.2) is 53.5 Å². The molecule has 6 nitrogen and oxygen atoms in total. The molecule has 0 atom stereocenters. The predicted octanol–water partition coefficient (Wildman–Crippen LogP) is 2.66. The largest absolute Gasteiger partial charge is 0.355 e. The van der Waals surface area contributed by atoms with Gasteiger partial charge in [-0.3, -0.25) is 9.93 Å². The number of hydrogen-bond donors (Lipinski definition) is 3. The minimum Gasteiger partial charge on any atom is -0.355 e. The van der Waals surface area contributed by atoms with E-state index in [0.29, 0.717) is 5.65 Å². The molecule has 0 radical (unpaired) electrons. The molecule has 0 saturated carbocycles. The fourth-order valence-corrected chi connectivity index (χ4v) is 2.66. The maximum absolute atomic E-state index is 11.4. The number of rotatable bonds is 6. The van der Waals surface area contributed by atoms with Crippen LogP contribution in [-0.4, -0.2) is 27.9 Å². The van der Waals surface area contributed by atoms with Crippen molar-refractivity contribution in [1.29, 1.82) is 0 Å². The van der Waals surface area contributed by atoms with Gasteiger partial charge in [-0.15, -0.1) is 0 Å². The van der Waals surface area contributed by atoms with Gasteiger partial charge >= 0.3 is 0 Å². The van der Waals surface area contributed by atoms with E-state index in [-0.39, 0.29) is 5.56 Å². The number of nitrogens with one attached hydrogen (secondary N) is 2. The average molecular weight is 341 g/mol. The van der Waals surface area contributed by atoms with Crippen molar-refractivity contribution >= 4 is 34.5 Å². The van der Waals surface area contributed by atoms with E-state index < -0.39 is 0 Å². The van der Waals surface area contributed by atoms with Gasteiger partial charge in [-0.2, -0.15) is 0 Å². The number of nitrogens with zero attached hydrogens (tertiary/aromatic N) is 2. The third-order valence-corrected chi connectivity index (χ3v) is 4.28. The Morgan fingerprint density at radius 1 is 1.29 bits per heavy atom. The van der Waals surface area contributed by atoms with Crippen molar-refractivity contribution in [3.63, 3.8) is 0 Å². The second-order valence-corrected chi connectivity index (χ2v) is 6.31. The molecule has 3 aromatic rings. The van der Waals surface area contributed by atoms with E-state index in [0.717, 1.165) is 29.7 Å². The van der Waals surface area contributed by atoms with Crippen molar-refractivity contribution in [3.8, 4) is 0 Å². The zero-order valence-corrected chi connectivity index (χ0v) is 14.1. The summed E-state index contributed by atoms with van der Waals surface area (Å²) in [6, 6.07) is 13.4. The zero-order valence-electron chi connectivity index (χ0n) is 13.3. The molecule has 0 saturated heterocycles. The SMILES string of the molecule is CN(CCc1cccc(Nc2ccnc3[nH]c(=O)ccc23)c1)SN. The van der Waals surface area contributed by atoms with Gasteiger partial charge in [0.1, 0.15) is 5.65 Å². The van der Waals surface area contributed by atoms with Crippen LogP contribution in [0.4, 0.5) is 11.4 Å². The van der Waals surface area contributed by atoms with Crippen LogP contribution >= 0.6 is 12.1 Å². The lowest BCUT2D eigenvalue weighted by Gasteiger charge is -2.13. The number of aromatic amines is 1. The molecule has 0 bridgehead atoms. The number of H-pyrrole nitrogens is 1. The number of pyridine rings is 2. The first-order valence-corrected chi connectivity index (χ1v) is 8.41. The molecular formula is C17H19N5OS. The van der Waals surface area contributed by atoms with Gasteiger partial charge in [0.25, 0.3) is 0 Å². The highest BCUT2D eigenvalue weighted by Gasteiger charge is 2.04. The van der Waals surface area contributed by atoms with Crippen molar-refractivity contribution in [2.45, 2.75) is 6.42 Å². The minimum atomic E-state index is -0.156. The highest BCUT2D eigenvalue weighted by Crippen LogP contribution is 2.24. The van der Waals surface area contributed by atoms with E-state index >= 15 is 0 Å². The van der Waals surface area contributed by atoms with E-state index in [1.807, 2.05) is 29.6 Å². The molecule has 124 valence electrons. The smallest absolute Gasteiger partial charge is 0.249 e. The normalized spacial score (nSPS) is 11.1. The van der Waals surface area contributed by atoms with E-state index in [2.05, 4.69) is 27.4 Å². The first kappa shape index (κ1) is 16.5. The minimum absolute atomic E-state index is 0.156. The number of benzene rings is 1. The summed E-state index contributed by atoms with van der Waals surface area (Å²) in [6.45, 7) is 0.879. The van der Waals surface area contributed by atoms with Crippen LogP contribution in [-0.2, 0) is 6.42 Å². The standard InChI is InChI=1S/C17H19N5OS/c1-22(24-18)10-8-12-3-2-4-13(11-12)20-15-7-9-19-17-14(15)5-6-16(23)21-17/h2-7,9,11H,8,10,18H2,1H3,(H2,19,20,21,23). The maximum Gasteiger partial charge on any atom is 0.249 e. The number of fused-ring (bicyclic) bond motifs is 1. The Bertz CT molecular complexity index is 895. The Labute approximate surface area is 144 Å². The molecule has 0 fully saturated rings. The number of aromatic nitrogens is 2. The second-order valence-electron chi connectivity index (χ2n) is 5.48. The number of anilines is 2. The lowest BCUT2D eigenvalue weighted by atomic mass is 10.1. The molecular weight excluding hydrogens is 322 g/mol. The summed E-state index contributed by atoms with van der Waals surface area (Å²) < 4.78 is 1.99. The highest BCUT2D eigenvalue weighted by atomic mass is 32.2. The molecule has 3 rings (SSSR count). The van der Waals surface area contributed by atoms with E-state index in [9.17, 15) is 4.79 Å². The third kappa shape index (κ3) is 3.94. The highest BCUT2D eigenvalue weighted by molar-refractivity contribution is 7.94. The van der Waals surface area contributed by atoms with Gasteiger partial charge < -0.3 is 10.3 Å². The van der Waals surface area contributed by atoms with Gasteiger partial charge in [0.05, 0.1) is 5.69 Å². The molecule has 0 aliphatic rings. The quantitative estimate of drug-likeness (QED) is 0.598. The summed E-state index contributed by atoms with van der Waals surface area (Å²) in [6.07, 6.45) is 2.60. The first-order chi connectivity index (χ1) is 11.7. The molecule has 7 heteroatoms. The van der Waals surface area contributed by atoms with Gasteiger partial charge in [-0.1, -0.05) is 12.1 Å². The van der Waals surface area contributed by atoms with Crippen LogP contribution in [0.1, 0.15) is 5.56 Å². The molecule has 2 heterocycles. The zero-order chi connectivity index (χ0) is 16.9. The average Bonchev–Trinajstić information content (AvgIpc) is 2.60. The van der Waals surface area contributed by atoms with Gasteiger partial charge in [0.15, 0.2) is 0 Å². The summed E-state index contributed by atoms with van der Waals surface area (Å²) in [5.74, 6) is 0. The third-order valence-electron chi connectivity index (χ3n) is 3.73. The molecule has 1 aromatic carbocycles. The van der Waals surface area contributed by atoms with Gasteiger partial charge in [-0.25, -0.2) is 9.29 Å². The van der Waals surface area contributed by atoms with E-state index in [1.165, 1.54) is 23.8 Å². The molecule has 0 aliphatic carbocycles. The fraction of sp³-hybridized carbons (Fsp3) is 0.176. The summed E-state index contributed by atoms with van der Waals surface area (Å²) in [5.41, 5.74) is 3.55. The Kier molecular flexibility index (Phi) is 5.14. The number of likely N-dealkylation sites (N-methyl/N-ethyl adjacent to an activating group) is 1. The molecule has 2 aromatic heterocycles. The van der Waals surface area contributed by atoms with Crippen LogP contribution in [0.25, 0.3) is 11.0 Å². The Morgan fingerprint density at radius 3 is 3.00 bits per heavy atom. The fourth-order valence-electron chi connectivity index (χ4n) is 2.47. The molecule has 0 spiro atoms. The monoisotopic (exact) mass is 341 g/mol. The van der Waals surface area contributed by atoms with Crippen molar-refractivity contribution in [2.75, 3.05) is 18.9 Å². The topological polar surface area (TPSA) is 87.0 Å². The maximum atomic E-state index is 11.4. The Balaban J connectivity index is 1.82. The molecule has 0 amide bonds. The Hall–Kier alpha value is -2.35. The number of hydrogen-bond acceptors (Lipinski definition) is 6. The lowest BCUT2D eigenvalue weighted by molar-refractivity contribution is 0.569. The predicted molar refractivity (Wildman–Crippen MR) is 100 cm³/mol. The summed E-state index contributed by atoms with van der Waals surface area (Å²) in [7, 11) is 1.97. The van der Waals surface area contributed by atoms with Gasteiger partial charge in [-0.05, 0) is 43.3 Å². The van der Waals surface area contributed by atoms with Crippen molar-refractivity contribution in [2.24, 2.45) is 5.14 Å². The van der Waals surface area contributed by atoms with Crippen LogP contribution < -0.4 is 16.0 Å². The molecule has 0 aliphatic heterocycles. The second kappa shape index (κ2) is 7.48. The number of nitrogens with two attached hydrogens (primary N) is 1. The summed E-state index contributed by atoms with van der Waals surface area (Å²) in [4.78, 5) is 18.4. The van der Waals surface area contributed by atoms with Crippen molar-refractivity contribution in [3.05, 3.63) is 64.6 Å². The summed E-state index contributed by atoms with van der Waals surface area (Å²) >= 11 is 1.24. The van der Waals surface area contributed by atoms with E-state index in [4.69, 9.17) is 5.14 Å².